The number of guanidine groups is 1. The van der Waals surface area contributed by atoms with Crippen molar-refractivity contribution >= 4 is 15.8 Å². The molecule has 0 radical (unpaired) electrons. The summed E-state index contributed by atoms with van der Waals surface area (Å²) >= 11 is 0. The summed E-state index contributed by atoms with van der Waals surface area (Å²) in [6.07, 6.45) is 4.75. The minimum absolute atomic E-state index is 0.0480. The van der Waals surface area contributed by atoms with Crippen LogP contribution >= 0.6 is 0 Å². The fourth-order valence-electron chi connectivity index (χ4n) is 3.18. The van der Waals surface area contributed by atoms with Crippen LogP contribution in [0.15, 0.2) is 23.2 Å². The Balaban J connectivity index is 1.98. The number of para-hydroxylation sites is 1. The van der Waals surface area contributed by atoms with Crippen molar-refractivity contribution in [1.29, 1.82) is 0 Å². The van der Waals surface area contributed by atoms with Crippen molar-refractivity contribution < 1.29 is 17.9 Å². The Morgan fingerprint density at radius 3 is 2.48 bits per heavy atom. The van der Waals surface area contributed by atoms with Crippen LogP contribution in [0.5, 0.6) is 11.5 Å². The third-order valence-electron chi connectivity index (χ3n) is 5.13. The van der Waals surface area contributed by atoms with Gasteiger partial charge in [-0.15, -0.1) is 0 Å². The molecule has 2 rings (SSSR count). The average Bonchev–Trinajstić information content (AvgIpc) is 3.17. The van der Waals surface area contributed by atoms with E-state index in [4.69, 9.17) is 9.47 Å². The number of hydrogen-bond donors (Lipinski definition) is 2. The fraction of sp³-hybridized carbons (Fsp3) is 0.667. The lowest BCUT2D eigenvalue weighted by Crippen LogP contribution is -2.41. The van der Waals surface area contributed by atoms with Crippen LogP contribution in [-0.2, 0) is 16.4 Å². The van der Waals surface area contributed by atoms with Crippen LogP contribution in [0.3, 0.4) is 0 Å². The molecule has 0 atom stereocenters. The summed E-state index contributed by atoms with van der Waals surface area (Å²) in [4.78, 5) is 4.19. The molecule has 0 heterocycles. The van der Waals surface area contributed by atoms with E-state index < -0.39 is 14.6 Å². The van der Waals surface area contributed by atoms with Gasteiger partial charge in [-0.1, -0.05) is 12.1 Å². The highest BCUT2D eigenvalue weighted by molar-refractivity contribution is 7.92. The van der Waals surface area contributed by atoms with Gasteiger partial charge in [0.15, 0.2) is 27.3 Å². The quantitative estimate of drug-likeness (QED) is 0.492. The lowest BCUT2D eigenvalue weighted by Gasteiger charge is -2.21. The van der Waals surface area contributed by atoms with E-state index >= 15 is 0 Å². The van der Waals surface area contributed by atoms with Crippen LogP contribution in [0.25, 0.3) is 0 Å². The number of methoxy groups -OCH3 is 1. The van der Waals surface area contributed by atoms with Crippen molar-refractivity contribution in [1.82, 2.24) is 10.6 Å². The molecule has 0 aliphatic heterocycles. The third-order valence-corrected chi connectivity index (χ3v) is 7.74. The van der Waals surface area contributed by atoms with Gasteiger partial charge in [-0.2, -0.15) is 0 Å². The van der Waals surface area contributed by atoms with Gasteiger partial charge in [0.05, 0.1) is 23.7 Å². The number of benzene rings is 1. The molecule has 0 amide bonds. The zero-order chi connectivity index (χ0) is 21.5. The monoisotopic (exact) mass is 425 g/mol. The van der Waals surface area contributed by atoms with Crippen molar-refractivity contribution in [3.63, 3.8) is 0 Å². The molecule has 1 aromatic rings. The van der Waals surface area contributed by atoms with E-state index in [1.807, 2.05) is 18.2 Å². The van der Waals surface area contributed by atoms with Gasteiger partial charge in [-0.3, -0.25) is 4.99 Å². The van der Waals surface area contributed by atoms with Gasteiger partial charge in [-0.05, 0) is 52.5 Å². The first-order chi connectivity index (χ1) is 13.7. The Labute approximate surface area is 175 Å². The van der Waals surface area contributed by atoms with Crippen molar-refractivity contribution in [2.45, 2.75) is 63.9 Å². The zero-order valence-corrected chi connectivity index (χ0v) is 19.1. The molecule has 0 saturated heterocycles. The molecule has 0 aromatic heterocycles. The smallest absolute Gasteiger partial charge is 0.191 e. The molecule has 0 unspecified atom stereocenters. The summed E-state index contributed by atoms with van der Waals surface area (Å²) in [5.74, 6) is 2.08. The van der Waals surface area contributed by atoms with Crippen LogP contribution in [0, 0.1) is 0 Å². The topological polar surface area (TPSA) is 89.0 Å². The SMILES string of the molecule is CN=C(NCCS(=O)(=O)C(C)(C)C)NCc1cccc(OC)c1OC1CCCC1. The van der Waals surface area contributed by atoms with E-state index in [0.29, 0.717) is 19.0 Å². The van der Waals surface area contributed by atoms with Crippen molar-refractivity contribution in [3.05, 3.63) is 23.8 Å². The molecular weight excluding hydrogens is 390 g/mol. The number of sulfone groups is 1. The molecule has 7 nitrogen and oxygen atoms in total. The van der Waals surface area contributed by atoms with E-state index in [0.717, 1.165) is 29.9 Å². The second kappa shape index (κ2) is 10.2. The van der Waals surface area contributed by atoms with E-state index in [1.165, 1.54) is 12.8 Å². The van der Waals surface area contributed by atoms with Crippen molar-refractivity contribution in [2.24, 2.45) is 4.99 Å². The van der Waals surface area contributed by atoms with Gasteiger partial charge < -0.3 is 20.1 Å². The van der Waals surface area contributed by atoms with Crippen molar-refractivity contribution in [2.75, 3.05) is 26.5 Å². The maximum atomic E-state index is 12.3. The van der Waals surface area contributed by atoms with E-state index in [1.54, 1.807) is 34.9 Å². The standard InChI is InChI=1S/C21H35N3O4S/c1-21(2,3)29(25,26)14-13-23-20(22-4)24-15-16-9-8-12-18(27-5)19(16)28-17-10-6-7-11-17/h8-9,12,17H,6-7,10-11,13-15H2,1-5H3,(H2,22,23,24). The lowest BCUT2D eigenvalue weighted by molar-refractivity contribution is 0.198. The number of rotatable bonds is 8. The van der Waals surface area contributed by atoms with Gasteiger partial charge in [0, 0.05) is 25.7 Å². The Kier molecular flexibility index (Phi) is 8.19. The van der Waals surface area contributed by atoms with E-state index in [9.17, 15) is 8.42 Å². The highest BCUT2D eigenvalue weighted by Crippen LogP contribution is 2.34. The Bertz CT molecular complexity index is 795. The van der Waals surface area contributed by atoms with Crippen LogP contribution < -0.4 is 20.1 Å². The largest absolute Gasteiger partial charge is 0.493 e. The third kappa shape index (κ3) is 6.52. The first-order valence-electron chi connectivity index (χ1n) is 10.2. The summed E-state index contributed by atoms with van der Waals surface area (Å²) in [6.45, 7) is 5.92. The summed E-state index contributed by atoms with van der Waals surface area (Å²) in [5.41, 5.74) is 0.974. The summed E-state index contributed by atoms with van der Waals surface area (Å²) in [5, 5.41) is 6.31. The number of ether oxygens (including phenoxy) is 2. The van der Waals surface area contributed by atoms with Crippen molar-refractivity contribution in [3.8, 4) is 11.5 Å². The van der Waals surface area contributed by atoms with Gasteiger partial charge in [-0.25, -0.2) is 8.42 Å². The molecular formula is C21H35N3O4S. The van der Waals surface area contributed by atoms with Crippen LogP contribution in [0.4, 0.5) is 0 Å². The maximum Gasteiger partial charge on any atom is 0.191 e. The molecule has 2 N–H and O–H groups in total. The number of hydrogen-bond acceptors (Lipinski definition) is 5. The highest BCUT2D eigenvalue weighted by Gasteiger charge is 2.28. The lowest BCUT2D eigenvalue weighted by atomic mass is 10.1. The first kappa shape index (κ1) is 23.3. The molecule has 0 spiro atoms. The summed E-state index contributed by atoms with van der Waals surface area (Å²) in [7, 11) is 0.125. The molecule has 1 aromatic carbocycles. The van der Waals surface area contributed by atoms with E-state index in [2.05, 4.69) is 15.6 Å². The Morgan fingerprint density at radius 2 is 1.90 bits per heavy atom. The Morgan fingerprint density at radius 1 is 1.21 bits per heavy atom. The molecule has 29 heavy (non-hydrogen) atoms. The number of nitrogens with zero attached hydrogens (tertiary/aromatic N) is 1. The molecule has 0 bridgehead atoms. The van der Waals surface area contributed by atoms with Crippen LogP contribution in [0.1, 0.15) is 52.0 Å². The summed E-state index contributed by atoms with van der Waals surface area (Å²) in [6, 6.07) is 5.83. The molecule has 1 aliphatic rings. The van der Waals surface area contributed by atoms with Gasteiger partial charge in [0.1, 0.15) is 0 Å². The zero-order valence-electron chi connectivity index (χ0n) is 18.2. The van der Waals surface area contributed by atoms with Gasteiger partial charge >= 0.3 is 0 Å². The molecule has 8 heteroatoms. The maximum absolute atomic E-state index is 12.3. The van der Waals surface area contributed by atoms with Crippen LogP contribution in [0.2, 0.25) is 0 Å². The highest BCUT2D eigenvalue weighted by atomic mass is 32.2. The second-order valence-corrected chi connectivity index (χ2v) is 11.1. The minimum Gasteiger partial charge on any atom is -0.493 e. The molecule has 1 saturated carbocycles. The first-order valence-corrected chi connectivity index (χ1v) is 11.8. The van der Waals surface area contributed by atoms with Crippen LogP contribution in [-0.4, -0.2) is 51.7 Å². The predicted molar refractivity (Wildman–Crippen MR) is 118 cm³/mol. The predicted octanol–water partition coefficient (Wildman–Crippen LogP) is 2.89. The average molecular weight is 426 g/mol. The Hall–Kier alpha value is -1.96. The van der Waals surface area contributed by atoms with Gasteiger partial charge in [0.25, 0.3) is 0 Å². The summed E-state index contributed by atoms with van der Waals surface area (Å²) < 4.78 is 35.5. The molecule has 1 aliphatic carbocycles. The van der Waals surface area contributed by atoms with Gasteiger partial charge in [0.2, 0.25) is 0 Å². The second-order valence-electron chi connectivity index (χ2n) is 8.26. The minimum atomic E-state index is -3.18. The molecule has 164 valence electrons. The molecule has 1 fully saturated rings. The van der Waals surface area contributed by atoms with E-state index in [-0.39, 0.29) is 11.9 Å². The number of nitrogens with one attached hydrogen (secondary N) is 2. The number of aliphatic imine (C=N–C) groups is 1. The normalized spacial score (nSPS) is 16.0. The fourth-order valence-corrected chi connectivity index (χ4v) is 4.16.